The summed E-state index contributed by atoms with van der Waals surface area (Å²) < 4.78 is 20.1. The molecule has 0 aromatic heterocycles. The van der Waals surface area contributed by atoms with Crippen LogP contribution in [0.4, 0.5) is 14.9 Å². The Morgan fingerprint density at radius 2 is 1.86 bits per heavy atom. The van der Waals surface area contributed by atoms with Crippen molar-refractivity contribution in [2.45, 2.75) is 13.3 Å². The lowest BCUT2D eigenvalue weighted by Gasteiger charge is -2.26. The summed E-state index contributed by atoms with van der Waals surface area (Å²) in [6.45, 7) is 2.21. The number of nitrogens with one attached hydrogen (secondary N) is 1. The van der Waals surface area contributed by atoms with Gasteiger partial charge in [0, 0.05) is 21.5 Å². The third-order valence-electron chi connectivity index (χ3n) is 5.23. The molecular weight excluding hydrogens is 539 g/mol. The number of carbonyl (C=O) groups excluding carboxylic acids is 3. The zero-order valence-corrected chi connectivity index (χ0v) is 20.8. The van der Waals surface area contributed by atoms with Gasteiger partial charge in [0.1, 0.15) is 17.1 Å². The Kier molecular flexibility index (Phi) is 7.33. The van der Waals surface area contributed by atoms with Crippen LogP contribution in [0.3, 0.4) is 0 Å². The number of imide groups is 2. The molecule has 0 aliphatic carbocycles. The Morgan fingerprint density at radius 3 is 2.57 bits per heavy atom. The van der Waals surface area contributed by atoms with Crippen LogP contribution in [0.25, 0.3) is 6.08 Å². The molecule has 9 heteroatoms. The molecule has 0 atom stereocenters. The normalized spacial score (nSPS) is 14.9. The monoisotopic (exact) mass is 556 g/mol. The van der Waals surface area contributed by atoms with E-state index in [1.807, 2.05) is 13.0 Å². The molecule has 4 rings (SSSR count). The highest BCUT2D eigenvalue weighted by Crippen LogP contribution is 2.33. The number of ether oxygens (including phenoxy) is 1. The fourth-order valence-electron chi connectivity index (χ4n) is 3.70. The molecule has 0 radical (unpaired) electrons. The lowest BCUT2D eigenvalue weighted by Crippen LogP contribution is -2.54. The van der Waals surface area contributed by atoms with Crippen LogP contribution in [0, 0.1) is 5.82 Å². The van der Waals surface area contributed by atoms with Crippen LogP contribution in [-0.4, -0.2) is 24.5 Å². The maximum absolute atomic E-state index is 13.7. The number of barbiturate groups is 1. The molecule has 1 aliphatic heterocycles. The van der Waals surface area contributed by atoms with Crippen LogP contribution >= 0.6 is 27.5 Å². The fourth-order valence-corrected chi connectivity index (χ4v) is 4.48. The number of hydrogen-bond donors (Lipinski definition) is 1. The molecular formula is C26H19BrClFN2O4. The minimum absolute atomic E-state index is 0.225. The molecule has 6 nitrogen and oxygen atoms in total. The molecule has 1 aliphatic rings. The van der Waals surface area contributed by atoms with Gasteiger partial charge in [-0.1, -0.05) is 45.7 Å². The van der Waals surface area contributed by atoms with E-state index in [2.05, 4.69) is 21.2 Å². The fraction of sp³-hybridized carbons (Fsp3) is 0.115. The summed E-state index contributed by atoms with van der Waals surface area (Å²) in [5, 5.41) is 2.53. The van der Waals surface area contributed by atoms with Crippen molar-refractivity contribution < 1.29 is 23.5 Å². The molecule has 0 unspecified atom stereocenters. The minimum atomic E-state index is -0.860. The van der Waals surface area contributed by atoms with E-state index in [-0.39, 0.29) is 17.1 Å². The van der Waals surface area contributed by atoms with Gasteiger partial charge < -0.3 is 4.74 Å². The maximum Gasteiger partial charge on any atom is 0.335 e. The zero-order chi connectivity index (χ0) is 25.1. The van der Waals surface area contributed by atoms with E-state index in [1.165, 1.54) is 24.3 Å². The van der Waals surface area contributed by atoms with Gasteiger partial charge in [-0.25, -0.2) is 14.1 Å². The third kappa shape index (κ3) is 5.44. The first-order chi connectivity index (χ1) is 16.8. The van der Waals surface area contributed by atoms with Gasteiger partial charge in [0.15, 0.2) is 0 Å². The highest BCUT2D eigenvalue weighted by atomic mass is 79.9. The quantitative estimate of drug-likeness (QED) is 0.303. The molecule has 0 bridgehead atoms. The van der Waals surface area contributed by atoms with E-state index in [9.17, 15) is 18.8 Å². The van der Waals surface area contributed by atoms with Crippen molar-refractivity contribution >= 4 is 57.1 Å². The summed E-state index contributed by atoms with van der Waals surface area (Å²) in [6, 6.07) is 15.0. The first kappa shape index (κ1) is 24.6. The molecule has 0 spiro atoms. The summed E-state index contributed by atoms with van der Waals surface area (Å²) in [4.78, 5) is 39.0. The van der Waals surface area contributed by atoms with E-state index in [0.717, 1.165) is 16.0 Å². The Labute approximate surface area is 214 Å². The molecule has 1 fully saturated rings. The van der Waals surface area contributed by atoms with Gasteiger partial charge in [0.25, 0.3) is 11.8 Å². The average Bonchev–Trinajstić information content (AvgIpc) is 2.79. The van der Waals surface area contributed by atoms with Crippen LogP contribution < -0.4 is 15.0 Å². The van der Waals surface area contributed by atoms with E-state index >= 15 is 0 Å². The van der Waals surface area contributed by atoms with Crippen LogP contribution in [0.5, 0.6) is 5.75 Å². The molecule has 1 heterocycles. The van der Waals surface area contributed by atoms with Gasteiger partial charge in [-0.05, 0) is 66.6 Å². The van der Waals surface area contributed by atoms with Crippen molar-refractivity contribution in [2.24, 2.45) is 0 Å². The third-order valence-corrected chi connectivity index (χ3v) is 6.17. The minimum Gasteiger partial charge on any atom is -0.494 e. The van der Waals surface area contributed by atoms with Gasteiger partial charge in [-0.15, -0.1) is 0 Å². The van der Waals surface area contributed by atoms with Crippen LogP contribution in [0.1, 0.15) is 23.6 Å². The van der Waals surface area contributed by atoms with Gasteiger partial charge in [0.05, 0.1) is 12.3 Å². The van der Waals surface area contributed by atoms with Crippen LogP contribution in [-0.2, 0) is 16.0 Å². The summed E-state index contributed by atoms with van der Waals surface area (Å²) in [6.07, 6.45) is 1.79. The van der Waals surface area contributed by atoms with Crippen molar-refractivity contribution in [3.63, 3.8) is 0 Å². The lowest BCUT2D eigenvalue weighted by atomic mass is 10.0. The molecule has 3 aromatic rings. The zero-order valence-electron chi connectivity index (χ0n) is 18.5. The number of urea groups is 1. The van der Waals surface area contributed by atoms with Crippen molar-refractivity contribution in [3.05, 3.63) is 98.2 Å². The molecule has 1 N–H and O–H groups in total. The van der Waals surface area contributed by atoms with E-state index in [0.29, 0.717) is 33.8 Å². The first-order valence-electron chi connectivity index (χ1n) is 10.6. The Balaban J connectivity index is 1.72. The molecule has 3 aromatic carbocycles. The molecule has 0 saturated carbocycles. The van der Waals surface area contributed by atoms with Crippen molar-refractivity contribution in [3.8, 4) is 5.75 Å². The summed E-state index contributed by atoms with van der Waals surface area (Å²) in [7, 11) is 0. The Bertz CT molecular complexity index is 1380. The second-order valence-electron chi connectivity index (χ2n) is 7.66. The SMILES string of the molecule is CCOc1cc(/C=C2\C(=O)NC(=O)N(c3cccc(Cl)c3)C2=O)cc(Br)c1Cc1cccc(F)c1. The number of benzene rings is 3. The maximum atomic E-state index is 13.7. The molecule has 178 valence electrons. The number of carbonyl (C=O) groups is 3. The molecule has 35 heavy (non-hydrogen) atoms. The number of nitrogens with zero attached hydrogens (tertiary/aromatic N) is 1. The van der Waals surface area contributed by atoms with Gasteiger partial charge >= 0.3 is 6.03 Å². The highest BCUT2D eigenvalue weighted by Gasteiger charge is 2.37. The number of halogens is 3. The van der Waals surface area contributed by atoms with E-state index < -0.39 is 17.8 Å². The summed E-state index contributed by atoms with van der Waals surface area (Å²) >= 11 is 9.55. The number of anilines is 1. The van der Waals surface area contributed by atoms with Crippen molar-refractivity contribution in [1.82, 2.24) is 5.32 Å². The van der Waals surface area contributed by atoms with E-state index in [1.54, 1.807) is 36.4 Å². The largest absolute Gasteiger partial charge is 0.494 e. The highest BCUT2D eigenvalue weighted by molar-refractivity contribution is 9.10. The van der Waals surface area contributed by atoms with Crippen LogP contribution in [0.2, 0.25) is 5.02 Å². The summed E-state index contributed by atoms with van der Waals surface area (Å²) in [5.41, 5.74) is 2.06. The average molecular weight is 558 g/mol. The van der Waals surface area contributed by atoms with Crippen LogP contribution in [0.15, 0.2) is 70.7 Å². The second kappa shape index (κ2) is 10.4. The van der Waals surface area contributed by atoms with Gasteiger partial charge in [-0.2, -0.15) is 0 Å². The summed E-state index contributed by atoms with van der Waals surface area (Å²) in [5.74, 6) is -1.40. The predicted molar refractivity (Wildman–Crippen MR) is 135 cm³/mol. The van der Waals surface area contributed by atoms with E-state index in [4.69, 9.17) is 16.3 Å². The topological polar surface area (TPSA) is 75.7 Å². The second-order valence-corrected chi connectivity index (χ2v) is 8.95. The number of amides is 4. The Hall–Kier alpha value is -3.49. The lowest BCUT2D eigenvalue weighted by molar-refractivity contribution is -0.122. The number of rotatable bonds is 6. The van der Waals surface area contributed by atoms with Gasteiger partial charge in [0.2, 0.25) is 0 Å². The first-order valence-corrected chi connectivity index (χ1v) is 11.8. The Morgan fingerprint density at radius 1 is 1.09 bits per heavy atom. The predicted octanol–water partition coefficient (Wildman–Crippen LogP) is 5.90. The standard InChI is InChI=1S/C26H19BrClFN2O4/c1-2-35-23-13-16(12-22(27)20(23)10-15-5-3-7-18(29)9-15)11-21-24(32)30-26(34)31(25(21)33)19-8-4-6-17(28)14-19/h3-9,11-14H,2,10H2,1H3,(H,30,32,34)/b21-11+. The van der Waals surface area contributed by atoms with Gasteiger partial charge in [-0.3, -0.25) is 14.9 Å². The smallest absolute Gasteiger partial charge is 0.335 e. The van der Waals surface area contributed by atoms with Crippen molar-refractivity contribution in [2.75, 3.05) is 11.5 Å². The van der Waals surface area contributed by atoms with Crippen molar-refractivity contribution in [1.29, 1.82) is 0 Å². The number of hydrogen-bond acceptors (Lipinski definition) is 4. The molecule has 1 saturated heterocycles. The molecule has 4 amide bonds.